The first kappa shape index (κ1) is 20.9. The van der Waals surface area contributed by atoms with E-state index in [1.165, 1.54) is 11.3 Å². The number of carbonyl (C=O) groups is 1. The highest BCUT2D eigenvalue weighted by molar-refractivity contribution is 7.12. The van der Waals surface area contributed by atoms with E-state index in [1.807, 2.05) is 92.0 Å². The Hall–Kier alpha value is -3.97. The number of carbonyl (C=O) groups excluding carboxylic acids is 1. The third-order valence-corrected chi connectivity index (χ3v) is 6.05. The molecule has 0 aliphatic heterocycles. The lowest BCUT2D eigenvalue weighted by Gasteiger charge is -2.14. The van der Waals surface area contributed by atoms with Crippen LogP contribution in [0.5, 0.6) is 5.75 Å². The van der Waals surface area contributed by atoms with Crippen LogP contribution in [0.15, 0.2) is 78.2 Å². The molecule has 1 N–H and O–H groups in total. The third-order valence-electron chi connectivity index (χ3n) is 5.23. The number of nitrogens with one attached hydrogen (secondary N) is 1. The molecule has 5 aromatic rings. The van der Waals surface area contributed by atoms with Crippen molar-refractivity contribution in [1.82, 2.24) is 14.8 Å². The third kappa shape index (κ3) is 4.10. The Kier molecular flexibility index (Phi) is 5.62. The molecule has 0 fully saturated rings. The minimum absolute atomic E-state index is 0.253. The number of thiazole rings is 1. The van der Waals surface area contributed by atoms with E-state index in [0.717, 1.165) is 27.7 Å². The first-order chi connectivity index (χ1) is 16.1. The molecule has 0 saturated carbocycles. The van der Waals surface area contributed by atoms with Crippen molar-refractivity contribution in [3.63, 3.8) is 0 Å². The Morgan fingerprint density at radius 2 is 1.85 bits per heavy atom. The fraction of sp³-hybridized carbons (Fsp3) is 0.115. The maximum atomic E-state index is 13.5. The second-order valence-corrected chi connectivity index (χ2v) is 8.35. The molecule has 3 aromatic carbocycles. The fourth-order valence-electron chi connectivity index (χ4n) is 3.78. The molecule has 0 bridgehead atoms. The van der Waals surface area contributed by atoms with Crippen LogP contribution in [0, 0.1) is 6.92 Å². The van der Waals surface area contributed by atoms with Gasteiger partial charge in [0.1, 0.15) is 11.6 Å². The van der Waals surface area contributed by atoms with Crippen LogP contribution in [0.25, 0.3) is 27.2 Å². The first-order valence-electron chi connectivity index (χ1n) is 10.7. The number of aryl methyl sites for hydroxylation is 1. The van der Waals surface area contributed by atoms with E-state index in [4.69, 9.17) is 9.72 Å². The Bertz CT molecular complexity index is 1440. The van der Waals surface area contributed by atoms with Crippen molar-refractivity contribution in [2.24, 2.45) is 0 Å². The number of rotatable bonds is 6. The van der Waals surface area contributed by atoms with E-state index >= 15 is 0 Å². The van der Waals surface area contributed by atoms with Crippen LogP contribution in [-0.4, -0.2) is 27.3 Å². The molecule has 0 radical (unpaired) electrons. The summed E-state index contributed by atoms with van der Waals surface area (Å²) in [6.07, 6.45) is 0. The van der Waals surface area contributed by atoms with Crippen molar-refractivity contribution in [3.8, 4) is 22.1 Å². The van der Waals surface area contributed by atoms with Crippen LogP contribution in [-0.2, 0) is 0 Å². The first-order valence-corrected chi connectivity index (χ1v) is 11.6. The number of anilines is 1. The highest BCUT2D eigenvalue weighted by Crippen LogP contribution is 2.30. The van der Waals surface area contributed by atoms with Crippen LogP contribution in [0.4, 0.5) is 5.82 Å². The van der Waals surface area contributed by atoms with Gasteiger partial charge in [-0.3, -0.25) is 4.79 Å². The maximum absolute atomic E-state index is 13.5. The molecule has 0 saturated heterocycles. The van der Waals surface area contributed by atoms with Crippen LogP contribution < -0.4 is 10.1 Å². The van der Waals surface area contributed by atoms with Gasteiger partial charge in [-0.2, -0.15) is 9.78 Å². The number of ether oxygens (including phenoxy) is 1. The Labute approximate surface area is 195 Å². The number of hydrogen-bond acceptors (Lipinski definition) is 5. The molecule has 2 aromatic heterocycles. The standard InChI is InChI=1S/C26H22N4O2S/c1-3-32-22-14-13-18-9-7-8-12-20(18)24(22)25(31)28-23-15-17(2)29-30(23)26-27-21(16-33-26)19-10-5-4-6-11-19/h4-16H,3H2,1-2H3,(H,28,31). The molecule has 0 atom stereocenters. The van der Waals surface area contributed by atoms with Gasteiger partial charge in [-0.15, -0.1) is 11.3 Å². The highest BCUT2D eigenvalue weighted by atomic mass is 32.1. The second kappa shape index (κ2) is 8.88. The van der Waals surface area contributed by atoms with Crippen molar-refractivity contribution in [2.45, 2.75) is 13.8 Å². The Balaban J connectivity index is 1.52. The van der Waals surface area contributed by atoms with Crippen LogP contribution in [0.3, 0.4) is 0 Å². The number of amides is 1. The summed E-state index contributed by atoms with van der Waals surface area (Å²) in [6.45, 7) is 4.26. The lowest BCUT2D eigenvalue weighted by atomic mass is 10.0. The molecule has 0 aliphatic rings. The predicted octanol–water partition coefficient (Wildman–Crippen LogP) is 6.11. The molecule has 1 amide bonds. The summed E-state index contributed by atoms with van der Waals surface area (Å²) in [5.74, 6) is 0.857. The SMILES string of the molecule is CCOc1ccc2ccccc2c1C(=O)Nc1cc(C)nn1-c1nc(-c2ccccc2)cs1. The van der Waals surface area contributed by atoms with Crippen LogP contribution >= 0.6 is 11.3 Å². The number of nitrogens with zero attached hydrogens (tertiary/aromatic N) is 3. The molecular formula is C26H22N4O2S. The second-order valence-electron chi connectivity index (χ2n) is 7.51. The summed E-state index contributed by atoms with van der Waals surface area (Å²) in [4.78, 5) is 18.2. The molecular weight excluding hydrogens is 432 g/mol. The fourth-order valence-corrected chi connectivity index (χ4v) is 4.57. The molecule has 7 heteroatoms. The van der Waals surface area contributed by atoms with Gasteiger partial charge in [-0.1, -0.05) is 60.7 Å². The van der Waals surface area contributed by atoms with E-state index in [2.05, 4.69) is 10.4 Å². The molecule has 0 aliphatic carbocycles. The average molecular weight is 455 g/mol. The quantitative estimate of drug-likeness (QED) is 0.336. The maximum Gasteiger partial charge on any atom is 0.261 e. The van der Waals surface area contributed by atoms with Gasteiger partial charge in [0.2, 0.25) is 5.13 Å². The summed E-state index contributed by atoms with van der Waals surface area (Å²) in [7, 11) is 0. The molecule has 5 rings (SSSR count). The van der Waals surface area contributed by atoms with Crippen molar-refractivity contribution < 1.29 is 9.53 Å². The van der Waals surface area contributed by atoms with Gasteiger partial charge in [-0.25, -0.2) is 4.98 Å². The lowest BCUT2D eigenvalue weighted by molar-refractivity contribution is 0.102. The molecule has 6 nitrogen and oxygen atoms in total. The zero-order valence-corrected chi connectivity index (χ0v) is 19.1. The average Bonchev–Trinajstić information content (AvgIpc) is 3.46. The molecule has 164 valence electrons. The van der Waals surface area contributed by atoms with E-state index in [-0.39, 0.29) is 5.91 Å². The van der Waals surface area contributed by atoms with E-state index < -0.39 is 0 Å². The van der Waals surface area contributed by atoms with Crippen LogP contribution in [0.1, 0.15) is 23.0 Å². The molecule has 2 heterocycles. The van der Waals surface area contributed by atoms with Gasteiger partial charge in [0, 0.05) is 17.0 Å². The van der Waals surface area contributed by atoms with Gasteiger partial charge >= 0.3 is 0 Å². The van der Waals surface area contributed by atoms with E-state index in [0.29, 0.717) is 28.9 Å². The summed E-state index contributed by atoms with van der Waals surface area (Å²) in [5.41, 5.74) is 3.19. The number of fused-ring (bicyclic) bond motifs is 1. The van der Waals surface area contributed by atoms with Gasteiger partial charge in [-0.05, 0) is 30.7 Å². The summed E-state index contributed by atoms with van der Waals surface area (Å²) < 4.78 is 7.46. The molecule has 0 spiro atoms. The van der Waals surface area contributed by atoms with E-state index in [9.17, 15) is 4.79 Å². The van der Waals surface area contributed by atoms with Gasteiger partial charge in [0.25, 0.3) is 5.91 Å². The smallest absolute Gasteiger partial charge is 0.261 e. The summed E-state index contributed by atoms with van der Waals surface area (Å²) >= 11 is 1.48. The normalized spacial score (nSPS) is 11.0. The topological polar surface area (TPSA) is 69.0 Å². The van der Waals surface area contributed by atoms with Crippen molar-refractivity contribution in [1.29, 1.82) is 0 Å². The van der Waals surface area contributed by atoms with Gasteiger partial charge in [0.15, 0.2) is 0 Å². The minimum atomic E-state index is -0.253. The number of aromatic nitrogens is 3. The Morgan fingerprint density at radius 1 is 1.06 bits per heavy atom. The monoisotopic (exact) mass is 454 g/mol. The summed E-state index contributed by atoms with van der Waals surface area (Å²) in [5, 5.41) is 12.1. The lowest BCUT2D eigenvalue weighted by Crippen LogP contribution is -2.17. The number of benzene rings is 3. The number of hydrogen-bond donors (Lipinski definition) is 1. The minimum Gasteiger partial charge on any atom is -0.493 e. The van der Waals surface area contributed by atoms with Crippen LogP contribution in [0.2, 0.25) is 0 Å². The van der Waals surface area contributed by atoms with Crippen molar-refractivity contribution in [3.05, 3.63) is 89.4 Å². The summed E-state index contributed by atoms with van der Waals surface area (Å²) in [6, 6.07) is 23.4. The van der Waals surface area contributed by atoms with Gasteiger partial charge < -0.3 is 10.1 Å². The predicted molar refractivity (Wildman–Crippen MR) is 132 cm³/mol. The zero-order valence-electron chi connectivity index (χ0n) is 18.3. The largest absolute Gasteiger partial charge is 0.493 e. The molecule has 0 unspecified atom stereocenters. The Morgan fingerprint density at radius 3 is 2.67 bits per heavy atom. The van der Waals surface area contributed by atoms with E-state index in [1.54, 1.807) is 4.68 Å². The van der Waals surface area contributed by atoms with Crippen molar-refractivity contribution >= 4 is 33.8 Å². The highest BCUT2D eigenvalue weighted by Gasteiger charge is 2.20. The zero-order chi connectivity index (χ0) is 22.8. The van der Waals surface area contributed by atoms with Gasteiger partial charge in [0.05, 0.1) is 23.6 Å². The van der Waals surface area contributed by atoms with Crippen molar-refractivity contribution in [2.75, 3.05) is 11.9 Å². The molecule has 33 heavy (non-hydrogen) atoms.